The molecule has 0 bridgehead atoms. The number of hydrogen-bond acceptors (Lipinski definition) is 5. The van der Waals surface area contributed by atoms with Crippen molar-refractivity contribution in [1.29, 1.82) is 0 Å². The van der Waals surface area contributed by atoms with Gasteiger partial charge in [0, 0.05) is 70.5 Å². The quantitative estimate of drug-likeness (QED) is 0.164. The first-order valence-electron chi connectivity index (χ1n) is 25.0. The van der Waals surface area contributed by atoms with Gasteiger partial charge in [0.25, 0.3) is 6.71 Å². The normalized spacial score (nSPS) is 19.4. The molecule has 1 fully saturated rings. The van der Waals surface area contributed by atoms with Gasteiger partial charge in [-0.05, 0) is 118 Å². The SMILES string of the molecule is CC(C)(C)c1ccc2c(c1)B1c3cc(C(C)(C)C)ccc3N(c3cccc4c3sc3ccccc34)c3cc(N4c5ccccc5C5(C)CCCC45C)cc(c31)N2c1cccc2c1sc1ccccc12. The maximum absolute atomic E-state index is 2.79. The van der Waals surface area contributed by atoms with Crippen molar-refractivity contribution in [2.24, 2.45) is 0 Å². The molecular formula is C63H56BN3S2. The van der Waals surface area contributed by atoms with Gasteiger partial charge in [0.2, 0.25) is 0 Å². The van der Waals surface area contributed by atoms with Crippen molar-refractivity contribution in [3.63, 3.8) is 0 Å². The smallest absolute Gasteiger partial charge is 0.252 e. The Bertz CT molecular complexity index is 3620. The Labute approximate surface area is 414 Å². The Balaban J connectivity index is 1.16. The van der Waals surface area contributed by atoms with Crippen LogP contribution in [0.5, 0.6) is 0 Å². The van der Waals surface area contributed by atoms with E-state index in [4.69, 9.17) is 0 Å². The van der Waals surface area contributed by atoms with Gasteiger partial charge in [0.05, 0.1) is 26.3 Å². The van der Waals surface area contributed by atoms with Crippen molar-refractivity contribution in [3.8, 4) is 0 Å². The van der Waals surface area contributed by atoms with Gasteiger partial charge in [-0.2, -0.15) is 0 Å². The summed E-state index contributed by atoms with van der Waals surface area (Å²) < 4.78 is 5.29. The molecule has 69 heavy (non-hydrogen) atoms. The second-order valence-corrected chi connectivity index (χ2v) is 25.0. The predicted molar refractivity (Wildman–Crippen MR) is 302 cm³/mol. The van der Waals surface area contributed by atoms with Crippen LogP contribution in [0.25, 0.3) is 40.3 Å². The average Bonchev–Trinajstić information content (AvgIpc) is 4.05. The number of rotatable bonds is 3. The molecule has 3 nitrogen and oxygen atoms in total. The summed E-state index contributed by atoms with van der Waals surface area (Å²) in [4.78, 5) is 8.16. The molecule has 2 atom stereocenters. The molecule has 1 saturated carbocycles. The fourth-order valence-electron chi connectivity index (χ4n) is 13.3. The summed E-state index contributed by atoms with van der Waals surface area (Å²) in [5.41, 5.74) is 18.3. The molecule has 0 N–H and O–H groups in total. The van der Waals surface area contributed by atoms with Crippen molar-refractivity contribution in [2.75, 3.05) is 14.7 Å². The van der Waals surface area contributed by atoms with Gasteiger partial charge in [-0.15, -0.1) is 22.7 Å². The van der Waals surface area contributed by atoms with Crippen LogP contribution >= 0.6 is 22.7 Å². The maximum atomic E-state index is 2.79. The monoisotopic (exact) mass is 929 g/mol. The van der Waals surface area contributed by atoms with E-state index >= 15 is 0 Å². The third kappa shape index (κ3) is 5.62. The first kappa shape index (κ1) is 41.6. The summed E-state index contributed by atoms with van der Waals surface area (Å²) >= 11 is 3.86. The maximum Gasteiger partial charge on any atom is 0.252 e. The van der Waals surface area contributed by atoms with Crippen LogP contribution in [0, 0.1) is 0 Å². The molecule has 5 heterocycles. The van der Waals surface area contributed by atoms with Gasteiger partial charge in [0.1, 0.15) is 0 Å². The van der Waals surface area contributed by atoms with E-state index in [9.17, 15) is 0 Å². The first-order valence-corrected chi connectivity index (χ1v) is 26.6. The lowest BCUT2D eigenvalue weighted by molar-refractivity contribution is 0.330. The third-order valence-electron chi connectivity index (χ3n) is 17.1. The van der Waals surface area contributed by atoms with Crippen LogP contribution in [0.1, 0.15) is 91.3 Å². The Kier molecular flexibility index (Phi) is 8.53. The summed E-state index contributed by atoms with van der Waals surface area (Å²) in [5.74, 6) is 0. The Morgan fingerprint density at radius 3 is 1.48 bits per heavy atom. The molecule has 2 aromatic heterocycles. The number of benzene rings is 8. The van der Waals surface area contributed by atoms with Crippen molar-refractivity contribution in [1.82, 2.24) is 0 Å². The zero-order valence-electron chi connectivity index (χ0n) is 40.9. The van der Waals surface area contributed by atoms with Gasteiger partial charge in [-0.3, -0.25) is 0 Å². The van der Waals surface area contributed by atoms with E-state index < -0.39 is 0 Å². The van der Waals surface area contributed by atoms with Crippen LogP contribution in [0.3, 0.4) is 0 Å². The molecule has 2 unspecified atom stereocenters. The van der Waals surface area contributed by atoms with E-state index in [2.05, 4.69) is 228 Å². The highest BCUT2D eigenvalue weighted by Gasteiger charge is 2.59. The number of fused-ring (bicyclic) bond motifs is 13. The minimum absolute atomic E-state index is 0.00688. The molecule has 8 aromatic carbocycles. The minimum atomic E-state index is -0.105. The molecule has 0 amide bonds. The molecule has 6 heteroatoms. The second-order valence-electron chi connectivity index (χ2n) is 22.9. The van der Waals surface area contributed by atoms with Crippen molar-refractivity contribution in [3.05, 3.63) is 174 Å². The highest BCUT2D eigenvalue weighted by molar-refractivity contribution is 7.27. The van der Waals surface area contributed by atoms with Crippen molar-refractivity contribution in [2.45, 2.75) is 96.4 Å². The largest absolute Gasteiger partial charge is 0.334 e. The molecular weight excluding hydrogens is 874 g/mol. The van der Waals surface area contributed by atoms with Gasteiger partial charge >= 0.3 is 0 Å². The van der Waals surface area contributed by atoms with E-state index in [-0.39, 0.29) is 28.5 Å². The molecule has 14 rings (SSSR count). The zero-order valence-corrected chi connectivity index (χ0v) is 42.5. The van der Waals surface area contributed by atoms with Crippen molar-refractivity contribution < 1.29 is 0 Å². The highest BCUT2D eigenvalue weighted by Crippen LogP contribution is 2.63. The van der Waals surface area contributed by atoms with Crippen LogP contribution in [0.2, 0.25) is 0 Å². The average molecular weight is 930 g/mol. The summed E-state index contributed by atoms with van der Waals surface area (Å²) in [5, 5.41) is 5.27. The first-order chi connectivity index (χ1) is 33.2. The molecule has 0 spiro atoms. The van der Waals surface area contributed by atoms with E-state index in [1.54, 1.807) is 0 Å². The zero-order chi connectivity index (χ0) is 46.9. The Morgan fingerprint density at radius 1 is 0.464 bits per heavy atom. The van der Waals surface area contributed by atoms with Gasteiger partial charge in [0.15, 0.2) is 0 Å². The summed E-state index contributed by atoms with van der Waals surface area (Å²) in [6.45, 7) is 19.3. The number of nitrogens with zero attached hydrogens (tertiary/aromatic N) is 3. The number of para-hydroxylation sites is 1. The van der Waals surface area contributed by atoms with E-state index in [0.29, 0.717) is 0 Å². The van der Waals surface area contributed by atoms with Crippen molar-refractivity contribution >= 4 is 132 Å². The predicted octanol–water partition coefficient (Wildman–Crippen LogP) is 16.5. The third-order valence-corrected chi connectivity index (χ3v) is 19.5. The summed E-state index contributed by atoms with van der Waals surface area (Å²) in [7, 11) is 0. The molecule has 4 aliphatic rings. The standard InChI is InChI=1S/C63H56BN3S2/c1-60(2,3)38-28-30-49-46(34-38)64-47-35-39(61(4,5)6)29-31-50(47)66(52-25-16-21-44-42-19-10-14-27-56(42)69-59(44)52)54-37-40(67-48-23-12-11-22-45(48)62(7)32-17-33-63(62,67)8)36-53(57(54)64)65(49)51-24-15-20-43-41-18-9-13-26-55(41)68-58(43)51/h9-16,18-31,34-37H,17,32-33H2,1-8H3. The highest BCUT2D eigenvalue weighted by atomic mass is 32.1. The lowest BCUT2D eigenvalue weighted by atomic mass is 9.33. The Morgan fingerprint density at radius 2 is 0.942 bits per heavy atom. The van der Waals surface area contributed by atoms with Crippen LogP contribution in [0.15, 0.2) is 158 Å². The number of hydrogen-bond donors (Lipinski definition) is 0. The lowest BCUT2D eigenvalue weighted by Gasteiger charge is -2.47. The van der Waals surface area contributed by atoms with Crippen LogP contribution in [0.4, 0.5) is 45.5 Å². The summed E-state index contributed by atoms with van der Waals surface area (Å²) in [6, 6.07) is 61.5. The van der Waals surface area contributed by atoms with Gasteiger partial charge in [-0.1, -0.05) is 158 Å². The van der Waals surface area contributed by atoms with Gasteiger partial charge < -0.3 is 14.7 Å². The Hall–Kier alpha value is -6.34. The minimum Gasteiger partial charge on any atom is -0.334 e. The van der Waals surface area contributed by atoms with E-state index in [1.165, 1.54) is 132 Å². The second kappa shape index (κ2) is 14.1. The molecule has 338 valence electrons. The molecule has 10 aromatic rings. The van der Waals surface area contributed by atoms with E-state index in [0.717, 1.165) is 6.42 Å². The summed E-state index contributed by atoms with van der Waals surface area (Å²) in [6.07, 6.45) is 3.54. The van der Waals surface area contributed by atoms with Crippen LogP contribution < -0.4 is 31.1 Å². The number of anilines is 8. The van der Waals surface area contributed by atoms with Crippen LogP contribution in [-0.4, -0.2) is 12.3 Å². The molecule has 0 radical (unpaired) electrons. The fourth-order valence-corrected chi connectivity index (χ4v) is 15.7. The van der Waals surface area contributed by atoms with Gasteiger partial charge in [-0.25, -0.2) is 0 Å². The molecule has 3 aliphatic heterocycles. The topological polar surface area (TPSA) is 9.72 Å². The lowest BCUT2D eigenvalue weighted by Crippen LogP contribution is -2.62. The fraction of sp³-hybridized carbons (Fsp3) is 0.238. The number of thiophene rings is 2. The van der Waals surface area contributed by atoms with E-state index in [1.807, 2.05) is 22.7 Å². The molecule has 0 saturated heterocycles. The van der Waals surface area contributed by atoms with Crippen LogP contribution in [-0.2, 0) is 16.2 Å². The molecule has 1 aliphatic carbocycles.